The summed E-state index contributed by atoms with van der Waals surface area (Å²) in [6.07, 6.45) is 0. The van der Waals surface area contributed by atoms with E-state index in [9.17, 15) is 8.42 Å². The molecule has 0 aliphatic heterocycles. The standard InChI is InChI=1S/C19H24N2O2S/c1-5-21(6-2)19(17-10-8-7-9-11-17)20-24(22,23)18-13-12-15(3)14-16(18)4/h7-14H,5-6H2,1-4H3/b20-19+. The summed E-state index contributed by atoms with van der Waals surface area (Å²) in [5.41, 5.74) is 2.54. The van der Waals surface area contributed by atoms with Crippen LogP contribution in [0.15, 0.2) is 57.8 Å². The molecule has 0 bridgehead atoms. The first-order valence-electron chi connectivity index (χ1n) is 8.11. The summed E-state index contributed by atoms with van der Waals surface area (Å²) in [5, 5.41) is 0. The molecule has 24 heavy (non-hydrogen) atoms. The first-order chi connectivity index (χ1) is 11.4. The molecule has 2 rings (SSSR count). The Labute approximate surface area is 144 Å². The van der Waals surface area contributed by atoms with Crippen molar-refractivity contribution in [3.05, 3.63) is 65.2 Å². The summed E-state index contributed by atoms with van der Waals surface area (Å²) < 4.78 is 29.9. The van der Waals surface area contributed by atoms with Gasteiger partial charge in [-0.25, -0.2) is 0 Å². The lowest BCUT2D eigenvalue weighted by molar-refractivity contribution is 0.467. The highest BCUT2D eigenvalue weighted by Crippen LogP contribution is 2.20. The fraction of sp³-hybridized carbons (Fsp3) is 0.316. The van der Waals surface area contributed by atoms with Gasteiger partial charge in [-0.15, -0.1) is 4.40 Å². The van der Waals surface area contributed by atoms with Crippen LogP contribution >= 0.6 is 0 Å². The van der Waals surface area contributed by atoms with Gasteiger partial charge in [-0.2, -0.15) is 8.42 Å². The molecule has 0 aromatic heterocycles. The molecule has 0 atom stereocenters. The van der Waals surface area contributed by atoms with Crippen molar-refractivity contribution in [3.63, 3.8) is 0 Å². The van der Waals surface area contributed by atoms with Crippen LogP contribution in [0.3, 0.4) is 0 Å². The third kappa shape index (κ3) is 4.03. The number of sulfonamides is 1. The quantitative estimate of drug-likeness (QED) is 0.613. The average Bonchev–Trinajstić information content (AvgIpc) is 2.55. The van der Waals surface area contributed by atoms with Crippen LogP contribution in [-0.2, 0) is 10.0 Å². The summed E-state index contributed by atoms with van der Waals surface area (Å²) >= 11 is 0. The van der Waals surface area contributed by atoms with Gasteiger partial charge in [-0.3, -0.25) is 0 Å². The number of amidine groups is 1. The van der Waals surface area contributed by atoms with Crippen LogP contribution in [-0.4, -0.2) is 32.2 Å². The lowest BCUT2D eigenvalue weighted by Crippen LogP contribution is -2.32. The van der Waals surface area contributed by atoms with E-state index in [1.54, 1.807) is 19.1 Å². The van der Waals surface area contributed by atoms with E-state index in [-0.39, 0.29) is 4.90 Å². The lowest BCUT2D eigenvalue weighted by atomic mass is 10.2. The molecule has 0 heterocycles. The first-order valence-corrected chi connectivity index (χ1v) is 9.55. The zero-order chi connectivity index (χ0) is 17.7. The van der Waals surface area contributed by atoms with Crippen molar-refractivity contribution >= 4 is 15.9 Å². The molecule has 0 radical (unpaired) electrons. The molecule has 0 fully saturated rings. The third-order valence-corrected chi connectivity index (χ3v) is 5.34. The number of rotatable bonds is 5. The molecule has 0 saturated heterocycles. The highest BCUT2D eigenvalue weighted by atomic mass is 32.2. The Morgan fingerprint density at radius 1 is 1.00 bits per heavy atom. The third-order valence-electron chi connectivity index (χ3n) is 3.91. The number of benzene rings is 2. The Morgan fingerprint density at radius 2 is 1.62 bits per heavy atom. The Bertz CT molecular complexity index is 824. The molecule has 2 aromatic carbocycles. The molecule has 0 spiro atoms. The van der Waals surface area contributed by atoms with Gasteiger partial charge in [0.25, 0.3) is 10.0 Å². The van der Waals surface area contributed by atoms with Gasteiger partial charge in [-0.05, 0) is 39.3 Å². The predicted octanol–water partition coefficient (Wildman–Crippen LogP) is 3.78. The van der Waals surface area contributed by atoms with Crippen LogP contribution < -0.4 is 0 Å². The zero-order valence-corrected chi connectivity index (χ0v) is 15.5. The number of hydrogen-bond acceptors (Lipinski definition) is 2. The monoisotopic (exact) mass is 344 g/mol. The van der Waals surface area contributed by atoms with Crippen molar-refractivity contribution in [1.29, 1.82) is 0 Å². The molecular formula is C19H24N2O2S. The predicted molar refractivity (Wildman–Crippen MR) is 99.0 cm³/mol. The van der Waals surface area contributed by atoms with Gasteiger partial charge >= 0.3 is 0 Å². The van der Waals surface area contributed by atoms with Crippen LogP contribution in [0.5, 0.6) is 0 Å². The number of aryl methyl sites for hydroxylation is 2. The van der Waals surface area contributed by atoms with E-state index in [4.69, 9.17) is 0 Å². The van der Waals surface area contributed by atoms with Gasteiger partial charge in [-0.1, -0.05) is 48.0 Å². The van der Waals surface area contributed by atoms with Crippen LogP contribution in [0.1, 0.15) is 30.5 Å². The van der Waals surface area contributed by atoms with Crippen LogP contribution in [0, 0.1) is 13.8 Å². The summed E-state index contributed by atoms with van der Waals surface area (Å²) in [5.74, 6) is 0.487. The Kier molecular flexibility index (Phi) is 5.78. The van der Waals surface area contributed by atoms with Crippen molar-refractivity contribution in [2.45, 2.75) is 32.6 Å². The molecule has 0 aliphatic rings. The molecule has 128 valence electrons. The van der Waals surface area contributed by atoms with Crippen molar-refractivity contribution in [1.82, 2.24) is 4.90 Å². The smallest absolute Gasteiger partial charge is 0.284 e. The van der Waals surface area contributed by atoms with Crippen LogP contribution in [0.4, 0.5) is 0 Å². The molecule has 2 aromatic rings. The Balaban J connectivity index is 2.60. The van der Waals surface area contributed by atoms with E-state index in [2.05, 4.69) is 4.40 Å². The summed E-state index contributed by atoms with van der Waals surface area (Å²) in [6, 6.07) is 14.7. The maximum Gasteiger partial charge on any atom is 0.284 e. The summed E-state index contributed by atoms with van der Waals surface area (Å²) in [6.45, 7) is 9.10. The van der Waals surface area contributed by atoms with Crippen molar-refractivity contribution in [2.24, 2.45) is 4.40 Å². The van der Waals surface area contributed by atoms with Gasteiger partial charge < -0.3 is 4.90 Å². The minimum absolute atomic E-state index is 0.258. The summed E-state index contributed by atoms with van der Waals surface area (Å²) in [7, 11) is -3.77. The van der Waals surface area contributed by atoms with Gasteiger partial charge in [0.2, 0.25) is 0 Å². The number of nitrogens with zero attached hydrogens (tertiary/aromatic N) is 2. The van der Waals surface area contributed by atoms with Crippen LogP contribution in [0.2, 0.25) is 0 Å². The first kappa shape index (κ1) is 18.2. The second-order valence-electron chi connectivity index (χ2n) is 5.70. The fourth-order valence-corrected chi connectivity index (χ4v) is 3.91. The minimum Gasteiger partial charge on any atom is -0.356 e. The largest absolute Gasteiger partial charge is 0.356 e. The highest BCUT2D eigenvalue weighted by molar-refractivity contribution is 7.90. The van der Waals surface area contributed by atoms with Gasteiger partial charge in [0.15, 0.2) is 0 Å². The second kappa shape index (κ2) is 7.62. The van der Waals surface area contributed by atoms with E-state index in [1.807, 2.05) is 62.1 Å². The van der Waals surface area contributed by atoms with E-state index in [1.165, 1.54) is 0 Å². The van der Waals surface area contributed by atoms with E-state index in [0.29, 0.717) is 24.5 Å². The van der Waals surface area contributed by atoms with Gasteiger partial charge in [0, 0.05) is 18.7 Å². The molecule has 0 aliphatic carbocycles. The van der Waals surface area contributed by atoms with Crippen LogP contribution in [0.25, 0.3) is 0 Å². The maximum absolute atomic E-state index is 12.9. The molecule has 5 heteroatoms. The maximum atomic E-state index is 12.9. The second-order valence-corrected chi connectivity index (χ2v) is 7.27. The molecule has 0 N–H and O–H groups in total. The van der Waals surface area contributed by atoms with Gasteiger partial charge in [0.05, 0.1) is 4.90 Å². The Hall–Kier alpha value is -2.14. The minimum atomic E-state index is -3.77. The average molecular weight is 344 g/mol. The van der Waals surface area contributed by atoms with Crippen molar-refractivity contribution < 1.29 is 8.42 Å². The van der Waals surface area contributed by atoms with E-state index < -0.39 is 10.0 Å². The van der Waals surface area contributed by atoms with E-state index >= 15 is 0 Å². The molecule has 4 nitrogen and oxygen atoms in total. The lowest BCUT2D eigenvalue weighted by Gasteiger charge is -2.23. The zero-order valence-electron chi connectivity index (χ0n) is 14.7. The Morgan fingerprint density at radius 3 is 2.17 bits per heavy atom. The van der Waals surface area contributed by atoms with Crippen molar-refractivity contribution in [3.8, 4) is 0 Å². The molecule has 0 unspecified atom stereocenters. The molecular weight excluding hydrogens is 320 g/mol. The highest BCUT2D eigenvalue weighted by Gasteiger charge is 2.20. The normalized spacial score (nSPS) is 12.2. The van der Waals surface area contributed by atoms with Crippen molar-refractivity contribution in [2.75, 3.05) is 13.1 Å². The number of hydrogen-bond donors (Lipinski definition) is 0. The fourth-order valence-electron chi connectivity index (χ4n) is 2.66. The SMILES string of the molecule is CCN(CC)/C(=N/S(=O)(=O)c1ccc(C)cc1C)c1ccccc1. The van der Waals surface area contributed by atoms with E-state index in [0.717, 1.165) is 11.1 Å². The topological polar surface area (TPSA) is 49.7 Å². The summed E-state index contributed by atoms with van der Waals surface area (Å²) in [4.78, 5) is 2.21. The molecule has 0 saturated carbocycles. The van der Waals surface area contributed by atoms with Gasteiger partial charge in [0.1, 0.15) is 5.84 Å². The molecule has 0 amide bonds.